The van der Waals surface area contributed by atoms with Gasteiger partial charge < -0.3 is 20.1 Å². The van der Waals surface area contributed by atoms with Gasteiger partial charge in [-0.3, -0.25) is 14.3 Å². The minimum atomic E-state index is -4.98. The van der Waals surface area contributed by atoms with E-state index in [9.17, 15) is 32.3 Å². The first-order valence-corrected chi connectivity index (χ1v) is 13.4. The van der Waals surface area contributed by atoms with Crippen molar-refractivity contribution in [2.75, 3.05) is 11.9 Å². The summed E-state index contributed by atoms with van der Waals surface area (Å²) >= 11 is 0. The van der Waals surface area contributed by atoms with E-state index in [1.807, 2.05) is 6.07 Å². The molecule has 5 aromatic rings. The number of likely N-dealkylation sites (tertiary alicyclic amines) is 1. The van der Waals surface area contributed by atoms with Crippen LogP contribution < -0.4 is 10.1 Å². The fraction of sp³-hybridized carbons (Fsp3) is 0.286. The number of pyridine rings is 1. The Morgan fingerprint density at radius 3 is 2.77 bits per heavy atom. The second kappa shape index (κ2) is 11.2. The smallest absolute Gasteiger partial charge is 0.388 e. The molecular formula is C28H24F4N8O4. The molecule has 1 aliphatic heterocycles. The fourth-order valence-corrected chi connectivity index (χ4v) is 5.17. The zero-order valence-corrected chi connectivity index (χ0v) is 22.9. The largest absolute Gasteiger partial charge is 0.574 e. The van der Waals surface area contributed by atoms with E-state index in [2.05, 4.69) is 30.2 Å². The minimum absolute atomic E-state index is 0.260. The number of alkyl halides is 4. The Morgan fingerprint density at radius 2 is 2.00 bits per heavy atom. The quantitative estimate of drug-likeness (QED) is 0.266. The first kappa shape index (κ1) is 29.0. The number of halogens is 4. The van der Waals surface area contributed by atoms with Gasteiger partial charge in [0.05, 0.1) is 30.1 Å². The van der Waals surface area contributed by atoms with E-state index in [-0.39, 0.29) is 25.3 Å². The number of rotatable bonds is 7. The van der Waals surface area contributed by atoms with E-state index < -0.39 is 42.4 Å². The molecule has 0 spiro atoms. The normalized spacial score (nSPS) is 17.7. The predicted molar refractivity (Wildman–Crippen MR) is 147 cm³/mol. The maximum atomic E-state index is 14.5. The molecule has 44 heavy (non-hydrogen) atoms. The van der Waals surface area contributed by atoms with E-state index in [1.54, 1.807) is 41.3 Å². The Kier molecular flexibility index (Phi) is 7.36. The Labute approximate surface area is 245 Å². The third kappa shape index (κ3) is 5.88. The first-order valence-electron chi connectivity index (χ1n) is 13.4. The highest BCUT2D eigenvalue weighted by Crippen LogP contribution is 2.30. The van der Waals surface area contributed by atoms with Crippen LogP contribution in [0.5, 0.6) is 5.88 Å². The Morgan fingerprint density at radius 1 is 1.18 bits per heavy atom. The molecule has 1 aromatic carbocycles. The van der Waals surface area contributed by atoms with E-state index in [0.717, 1.165) is 22.1 Å². The maximum absolute atomic E-state index is 14.5. The van der Waals surface area contributed by atoms with Gasteiger partial charge in [0.1, 0.15) is 24.6 Å². The molecule has 2 amide bonds. The van der Waals surface area contributed by atoms with Crippen molar-refractivity contribution in [1.29, 1.82) is 0 Å². The summed E-state index contributed by atoms with van der Waals surface area (Å²) < 4.78 is 59.0. The summed E-state index contributed by atoms with van der Waals surface area (Å²) in [6, 6.07) is 9.25. The van der Waals surface area contributed by atoms with Gasteiger partial charge in [-0.05, 0) is 30.7 Å². The number of carbonyl (C=O) groups is 2. The van der Waals surface area contributed by atoms with Crippen LogP contribution in [-0.4, -0.2) is 76.3 Å². The molecule has 1 aliphatic rings. The van der Waals surface area contributed by atoms with Gasteiger partial charge in [0, 0.05) is 41.9 Å². The average molecular weight is 613 g/mol. The summed E-state index contributed by atoms with van der Waals surface area (Å²) in [5.74, 6) is -2.49. The lowest BCUT2D eigenvalue weighted by Crippen LogP contribution is -2.44. The monoisotopic (exact) mass is 612 g/mol. The molecule has 6 rings (SSSR count). The number of anilines is 1. The zero-order chi connectivity index (χ0) is 31.2. The maximum Gasteiger partial charge on any atom is 0.574 e. The summed E-state index contributed by atoms with van der Waals surface area (Å²) in [7, 11) is 0. The summed E-state index contributed by atoms with van der Waals surface area (Å²) in [5.41, 5.74) is 3.04. The SMILES string of the molecule is CC(O)c1nn(CC(=O)N2C[C@H](F)C[C@H]2C(=O)Nc2cccc(OC(F)(F)F)n2)c2ccc(-c3cnc4ccnn4c3)cc12. The number of aromatic nitrogens is 6. The molecular weight excluding hydrogens is 588 g/mol. The lowest BCUT2D eigenvalue weighted by Gasteiger charge is -2.23. The highest BCUT2D eigenvalue weighted by atomic mass is 19.4. The van der Waals surface area contributed by atoms with Crippen molar-refractivity contribution in [1.82, 2.24) is 34.3 Å². The lowest BCUT2D eigenvalue weighted by molar-refractivity contribution is -0.276. The number of benzene rings is 1. The molecule has 228 valence electrons. The molecule has 1 saturated heterocycles. The molecule has 1 unspecified atom stereocenters. The molecule has 4 aromatic heterocycles. The van der Waals surface area contributed by atoms with Crippen molar-refractivity contribution in [2.24, 2.45) is 0 Å². The molecule has 3 atom stereocenters. The second-order valence-corrected chi connectivity index (χ2v) is 10.2. The van der Waals surface area contributed by atoms with Crippen molar-refractivity contribution in [3.8, 4) is 17.0 Å². The lowest BCUT2D eigenvalue weighted by atomic mass is 10.0. The number of carbonyl (C=O) groups excluding carboxylic acids is 2. The fourth-order valence-electron chi connectivity index (χ4n) is 5.17. The summed E-state index contributed by atoms with van der Waals surface area (Å²) in [6.45, 7) is 0.805. The summed E-state index contributed by atoms with van der Waals surface area (Å²) in [5, 5.41) is 22.0. The molecule has 5 heterocycles. The van der Waals surface area contributed by atoms with Crippen LogP contribution in [-0.2, 0) is 16.1 Å². The standard InChI is InChI=1S/C28H24F4N8O4/c1-15(41)26-19-9-16(17-11-33-23-7-8-34-40(23)12-17)5-6-20(19)39(37-26)14-25(42)38-13-18(29)10-21(38)27(43)36-22-3-2-4-24(35-22)44-28(30,31)32/h2-9,11-12,15,18,21,41H,10,13-14H2,1H3,(H,35,36,43)/t15?,18-,21+/m1/s1. The van der Waals surface area contributed by atoms with Gasteiger partial charge in [-0.25, -0.2) is 13.9 Å². The number of ether oxygens (including phenoxy) is 1. The molecule has 0 radical (unpaired) electrons. The van der Waals surface area contributed by atoms with Crippen molar-refractivity contribution < 1.29 is 37.0 Å². The van der Waals surface area contributed by atoms with Gasteiger partial charge in [-0.1, -0.05) is 12.1 Å². The van der Waals surface area contributed by atoms with Gasteiger partial charge in [-0.15, -0.1) is 13.2 Å². The Balaban J connectivity index is 1.23. The first-order chi connectivity index (χ1) is 20.9. The van der Waals surface area contributed by atoms with E-state index in [4.69, 9.17) is 0 Å². The molecule has 12 nitrogen and oxygen atoms in total. The van der Waals surface area contributed by atoms with Crippen LogP contribution in [0.15, 0.2) is 61.1 Å². The van der Waals surface area contributed by atoms with Crippen LogP contribution in [0.1, 0.15) is 25.1 Å². The van der Waals surface area contributed by atoms with Crippen molar-refractivity contribution in [3.05, 3.63) is 66.7 Å². The van der Waals surface area contributed by atoms with Crippen molar-refractivity contribution >= 4 is 34.2 Å². The molecule has 16 heteroatoms. The van der Waals surface area contributed by atoms with Gasteiger partial charge in [0.25, 0.3) is 0 Å². The number of hydrogen-bond donors (Lipinski definition) is 2. The number of fused-ring (bicyclic) bond motifs is 2. The van der Waals surface area contributed by atoms with Crippen LogP contribution in [0, 0.1) is 0 Å². The Bertz CT molecular complexity index is 1870. The third-order valence-electron chi connectivity index (χ3n) is 7.11. The Hall–Kier alpha value is -5.12. The molecule has 2 N–H and O–H groups in total. The van der Waals surface area contributed by atoms with Crippen LogP contribution in [0.3, 0.4) is 0 Å². The predicted octanol–water partition coefficient (Wildman–Crippen LogP) is 3.67. The van der Waals surface area contributed by atoms with E-state index in [1.165, 1.54) is 23.7 Å². The number of amides is 2. The van der Waals surface area contributed by atoms with Crippen LogP contribution in [0.2, 0.25) is 0 Å². The van der Waals surface area contributed by atoms with Gasteiger partial charge in [0.15, 0.2) is 5.65 Å². The van der Waals surface area contributed by atoms with Crippen molar-refractivity contribution in [2.45, 2.75) is 44.6 Å². The topological polar surface area (TPSA) is 140 Å². The van der Waals surface area contributed by atoms with Gasteiger partial charge in [-0.2, -0.15) is 15.2 Å². The zero-order valence-electron chi connectivity index (χ0n) is 22.9. The number of aliphatic hydroxyl groups is 1. The number of nitrogens with zero attached hydrogens (tertiary/aromatic N) is 7. The van der Waals surface area contributed by atoms with E-state index in [0.29, 0.717) is 22.2 Å². The third-order valence-corrected chi connectivity index (χ3v) is 7.11. The second-order valence-electron chi connectivity index (χ2n) is 10.2. The van der Waals surface area contributed by atoms with E-state index >= 15 is 0 Å². The molecule has 0 bridgehead atoms. The number of nitrogens with one attached hydrogen (secondary N) is 1. The van der Waals surface area contributed by atoms with Crippen LogP contribution >= 0.6 is 0 Å². The van der Waals surface area contributed by atoms with Crippen molar-refractivity contribution in [3.63, 3.8) is 0 Å². The highest BCUT2D eigenvalue weighted by molar-refractivity contribution is 5.97. The van der Waals surface area contributed by atoms with Gasteiger partial charge in [0.2, 0.25) is 17.7 Å². The van der Waals surface area contributed by atoms with Gasteiger partial charge >= 0.3 is 6.36 Å². The highest BCUT2D eigenvalue weighted by Gasteiger charge is 2.40. The van der Waals surface area contributed by atoms with Crippen LogP contribution in [0.25, 0.3) is 27.7 Å². The molecule has 1 fully saturated rings. The number of hydrogen-bond acceptors (Lipinski definition) is 8. The molecule has 0 saturated carbocycles. The van der Waals surface area contributed by atoms with Crippen LogP contribution in [0.4, 0.5) is 23.4 Å². The molecule has 0 aliphatic carbocycles. The summed E-state index contributed by atoms with van der Waals surface area (Å²) in [4.78, 5) is 35.5. The number of aliphatic hydroxyl groups excluding tert-OH is 1. The minimum Gasteiger partial charge on any atom is -0.388 e. The average Bonchev–Trinajstić information content (AvgIpc) is 3.68. The summed E-state index contributed by atoms with van der Waals surface area (Å²) in [6.07, 6.45) is -2.66.